The van der Waals surface area contributed by atoms with Crippen molar-refractivity contribution in [3.8, 4) is 0 Å². The number of unbranched alkanes of at least 4 members (excludes halogenated alkanes) is 51. The summed E-state index contributed by atoms with van der Waals surface area (Å²) in [5.74, 6) is -0.280. The molecule has 0 radical (unpaired) electrons. The monoisotopic (exact) mass is 1580 g/mol. The minimum atomic E-state index is -1.98. The average molecular weight is 1580 g/mol. The standard InChI is InChI=1S/C92H169NO18/c1-3-5-7-9-11-13-15-17-19-21-23-25-27-29-31-33-35-37-39-41-43-45-47-49-51-53-55-57-59-61-63-65-67-69-76(97)75(74-106-90-86(104)83(101)88(78(72-95)108-90)111-92-87(105)84(102)89(79(73-96)109-92)110-91-85(103)82(100)81(99)77(71-94)107-91)93-80(98)70-68-66-64-62-60-58-56-54-52-50-48-46-44-42-40-38-36-34-32-30-28-26-24-22-20-18-16-14-12-10-8-6-4-2/h16,18,22,24,28,30,59,61,67,69,75-79,81-92,94-97,99-105H,3-15,17,19-21,23,25-27,29,31-58,60,62-66,68,70-74H2,1-2H3,(H,93,98)/b18-16-,24-22-,30-28-,61-59+,69-67+. The molecule has 3 fully saturated rings. The van der Waals surface area contributed by atoms with Gasteiger partial charge in [0.25, 0.3) is 0 Å². The molecule has 3 saturated heterocycles. The highest BCUT2D eigenvalue weighted by Crippen LogP contribution is 2.34. The number of aliphatic hydroxyl groups is 11. The van der Waals surface area contributed by atoms with Crippen LogP contribution in [0.25, 0.3) is 0 Å². The first-order valence-electron chi connectivity index (χ1n) is 46.0. The molecule has 0 bridgehead atoms. The second kappa shape index (κ2) is 71.6. The zero-order valence-electron chi connectivity index (χ0n) is 70.2. The van der Waals surface area contributed by atoms with Crippen LogP contribution in [0, 0.1) is 0 Å². The van der Waals surface area contributed by atoms with Crippen molar-refractivity contribution in [2.45, 2.75) is 491 Å². The van der Waals surface area contributed by atoms with Crippen LogP contribution in [0.4, 0.5) is 0 Å². The molecule has 650 valence electrons. The minimum Gasteiger partial charge on any atom is -0.394 e. The number of rotatable bonds is 75. The number of nitrogens with one attached hydrogen (secondary N) is 1. The van der Waals surface area contributed by atoms with Gasteiger partial charge in [0.1, 0.15) is 73.2 Å². The first kappa shape index (κ1) is 103. The Balaban J connectivity index is 1.33. The molecule has 0 aromatic rings. The molecule has 17 atom stereocenters. The fraction of sp³-hybridized carbons (Fsp3) is 0.880. The molecule has 19 nitrogen and oxygen atoms in total. The third kappa shape index (κ3) is 50.1. The number of hydrogen-bond acceptors (Lipinski definition) is 18. The highest BCUT2D eigenvalue weighted by atomic mass is 16.8. The van der Waals surface area contributed by atoms with Gasteiger partial charge in [-0.1, -0.05) is 370 Å². The summed E-state index contributed by atoms with van der Waals surface area (Å²) in [4.78, 5) is 13.5. The molecular formula is C92H169NO18. The van der Waals surface area contributed by atoms with Gasteiger partial charge in [-0.05, 0) is 70.6 Å². The van der Waals surface area contributed by atoms with E-state index in [1.807, 2.05) is 6.08 Å². The van der Waals surface area contributed by atoms with Crippen LogP contribution in [0.15, 0.2) is 60.8 Å². The van der Waals surface area contributed by atoms with Crippen molar-refractivity contribution in [3.63, 3.8) is 0 Å². The Morgan fingerprint density at radius 2 is 0.604 bits per heavy atom. The van der Waals surface area contributed by atoms with Crippen molar-refractivity contribution in [2.75, 3.05) is 26.4 Å². The van der Waals surface area contributed by atoms with E-state index in [-0.39, 0.29) is 18.9 Å². The third-order valence-electron chi connectivity index (χ3n) is 22.8. The molecule has 111 heavy (non-hydrogen) atoms. The molecule has 3 heterocycles. The van der Waals surface area contributed by atoms with Crippen LogP contribution < -0.4 is 5.32 Å². The maximum absolute atomic E-state index is 13.5. The molecule has 3 rings (SSSR count). The molecule has 19 heteroatoms. The molecule has 3 aliphatic heterocycles. The van der Waals surface area contributed by atoms with E-state index in [1.54, 1.807) is 6.08 Å². The van der Waals surface area contributed by atoms with Gasteiger partial charge in [-0.25, -0.2) is 0 Å². The molecule has 0 saturated carbocycles. The van der Waals surface area contributed by atoms with Gasteiger partial charge >= 0.3 is 0 Å². The molecule has 0 aromatic heterocycles. The lowest BCUT2D eigenvalue weighted by Crippen LogP contribution is -2.66. The number of carbonyl (C=O) groups is 1. The summed E-state index contributed by atoms with van der Waals surface area (Å²) in [6, 6.07) is -0.994. The van der Waals surface area contributed by atoms with Gasteiger partial charge in [0.05, 0.1) is 38.6 Å². The van der Waals surface area contributed by atoms with Gasteiger partial charge in [-0.15, -0.1) is 0 Å². The number of ether oxygens (including phenoxy) is 6. The second-order valence-corrected chi connectivity index (χ2v) is 32.8. The number of carbonyl (C=O) groups excluding carboxylic acids is 1. The normalized spacial score (nSPS) is 25.3. The van der Waals surface area contributed by atoms with Crippen LogP contribution in [0.1, 0.15) is 386 Å². The fourth-order valence-electron chi connectivity index (χ4n) is 15.5. The molecule has 1 amide bonds. The highest BCUT2D eigenvalue weighted by molar-refractivity contribution is 5.76. The summed E-state index contributed by atoms with van der Waals surface area (Å²) in [7, 11) is 0. The van der Waals surface area contributed by atoms with Gasteiger partial charge in [0.2, 0.25) is 5.91 Å². The Kier molecular flexibility index (Phi) is 66.2. The summed E-state index contributed by atoms with van der Waals surface area (Å²) < 4.78 is 34.5. The van der Waals surface area contributed by atoms with Gasteiger partial charge in [0.15, 0.2) is 18.9 Å². The van der Waals surface area contributed by atoms with Crippen LogP contribution in [-0.4, -0.2) is 193 Å². The lowest BCUT2D eigenvalue weighted by atomic mass is 9.96. The summed E-state index contributed by atoms with van der Waals surface area (Å²) in [6.07, 6.45) is 68.1. The average Bonchev–Trinajstić information content (AvgIpc) is 0.780. The molecule has 3 aliphatic rings. The number of amides is 1. The van der Waals surface area contributed by atoms with Gasteiger partial charge in [-0.2, -0.15) is 0 Å². The van der Waals surface area contributed by atoms with E-state index in [0.717, 1.165) is 51.4 Å². The third-order valence-corrected chi connectivity index (χ3v) is 22.8. The Bertz CT molecular complexity index is 2230. The van der Waals surface area contributed by atoms with E-state index < -0.39 is 124 Å². The first-order valence-corrected chi connectivity index (χ1v) is 46.0. The quantitative estimate of drug-likeness (QED) is 0.0199. The van der Waals surface area contributed by atoms with E-state index in [9.17, 15) is 61.0 Å². The Morgan fingerprint density at radius 1 is 0.324 bits per heavy atom. The van der Waals surface area contributed by atoms with Crippen LogP contribution >= 0.6 is 0 Å². The van der Waals surface area contributed by atoms with E-state index in [1.165, 1.54) is 302 Å². The van der Waals surface area contributed by atoms with E-state index in [0.29, 0.717) is 12.8 Å². The molecule has 0 aliphatic carbocycles. The van der Waals surface area contributed by atoms with Crippen LogP contribution in [0.3, 0.4) is 0 Å². The van der Waals surface area contributed by atoms with Crippen molar-refractivity contribution in [1.29, 1.82) is 0 Å². The zero-order valence-corrected chi connectivity index (χ0v) is 70.2. The van der Waals surface area contributed by atoms with Crippen molar-refractivity contribution >= 4 is 5.91 Å². The van der Waals surface area contributed by atoms with Gasteiger partial charge in [-0.3, -0.25) is 4.79 Å². The summed E-state index contributed by atoms with van der Waals surface area (Å²) in [5.41, 5.74) is 0. The smallest absolute Gasteiger partial charge is 0.220 e. The predicted octanol–water partition coefficient (Wildman–Crippen LogP) is 17.7. The Hall–Kier alpha value is -2.51. The summed E-state index contributed by atoms with van der Waals surface area (Å²) in [6.45, 7) is 1.77. The topological polar surface area (TPSA) is 307 Å². The van der Waals surface area contributed by atoms with Gasteiger partial charge < -0.3 is 89.9 Å². The molecule has 12 N–H and O–H groups in total. The first-order chi connectivity index (χ1) is 54.3. The maximum atomic E-state index is 13.5. The number of allylic oxidation sites excluding steroid dienone is 9. The van der Waals surface area contributed by atoms with Crippen LogP contribution in [0.2, 0.25) is 0 Å². The van der Waals surface area contributed by atoms with Crippen molar-refractivity contribution in [1.82, 2.24) is 5.32 Å². The van der Waals surface area contributed by atoms with E-state index in [4.69, 9.17) is 28.4 Å². The lowest BCUT2D eigenvalue weighted by Gasteiger charge is -2.48. The highest BCUT2D eigenvalue weighted by Gasteiger charge is 2.54. The largest absolute Gasteiger partial charge is 0.394 e. The minimum absolute atomic E-state index is 0.236. The maximum Gasteiger partial charge on any atom is 0.220 e. The van der Waals surface area contributed by atoms with Crippen LogP contribution in [-0.2, 0) is 33.2 Å². The van der Waals surface area contributed by atoms with Crippen molar-refractivity contribution < 1.29 is 89.4 Å². The van der Waals surface area contributed by atoms with Crippen LogP contribution in [0.5, 0.6) is 0 Å². The lowest BCUT2D eigenvalue weighted by molar-refractivity contribution is -0.379. The van der Waals surface area contributed by atoms with E-state index in [2.05, 4.69) is 67.8 Å². The summed E-state index contributed by atoms with van der Waals surface area (Å²) in [5, 5.41) is 121. The van der Waals surface area contributed by atoms with E-state index >= 15 is 0 Å². The molecular weight excluding hydrogens is 1410 g/mol. The zero-order chi connectivity index (χ0) is 80.3. The van der Waals surface area contributed by atoms with Crippen molar-refractivity contribution in [3.05, 3.63) is 60.8 Å². The number of hydrogen-bond donors (Lipinski definition) is 12. The Labute approximate surface area is 675 Å². The van der Waals surface area contributed by atoms with Crippen molar-refractivity contribution in [2.24, 2.45) is 0 Å². The second-order valence-electron chi connectivity index (χ2n) is 32.8. The Morgan fingerprint density at radius 3 is 0.964 bits per heavy atom. The number of aliphatic hydroxyl groups excluding tert-OH is 11. The fourth-order valence-corrected chi connectivity index (χ4v) is 15.5. The molecule has 0 spiro atoms. The SMILES string of the molecule is CCCCCCC/C=C\C/C=C\C/C=C\CCCCCCCCCCCCCCCCCCCCC(=O)NC(COC1OC(CO)C(OC2OC(CO)C(OC3OC(CO)C(O)C(O)C3O)C(O)C2O)C(O)C1O)C(O)/C=C/CC/C=C/CCCCCCCCCCCCCCCCCCCCCCCCCCCCC. The predicted molar refractivity (Wildman–Crippen MR) is 448 cm³/mol. The molecule has 17 unspecified atom stereocenters. The summed E-state index contributed by atoms with van der Waals surface area (Å²) >= 11 is 0. The van der Waals surface area contributed by atoms with Gasteiger partial charge in [0, 0.05) is 6.42 Å². The molecule has 0 aromatic carbocycles.